The third-order valence-electron chi connectivity index (χ3n) is 6.78. The fourth-order valence-corrected chi connectivity index (χ4v) is 5.33. The largest absolute Gasteiger partial charge is 0.366 e. The van der Waals surface area contributed by atoms with E-state index in [2.05, 4.69) is 31.0 Å². The van der Waals surface area contributed by atoms with E-state index in [1.165, 1.54) is 0 Å². The van der Waals surface area contributed by atoms with Gasteiger partial charge >= 0.3 is 0 Å². The summed E-state index contributed by atoms with van der Waals surface area (Å²) in [6.45, 7) is 5.41. The number of halogens is 1. The van der Waals surface area contributed by atoms with E-state index in [0.717, 1.165) is 57.5 Å². The lowest BCUT2D eigenvalue weighted by Crippen LogP contribution is -2.31. The van der Waals surface area contributed by atoms with Gasteiger partial charge in [-0.2, -0.15) is 10.1 Å². The third kappa shape index (κ3) is 4.48. The number of anilines is 3. The molecule has 31 heavy (non-hydrogen) atoms. The van der Waals surface area contributed by atoms with Gasteiger partial charge in [-0.05, 0) is 44.1 Å². The lowest BCUT2D eigenvalue weighted by atomic mass is 10.0. The van der Waals surface area contributed by atoms with Gasteiger partial charge in [-0.1, -0.05) is 11.6 Å². The zero-order valence-electron chi connectivity index (χ0n) is 17.7. The van der Waals surface area contributed by atoms with Crippen molar-refractivity contribution in [2.75, 3.05) is 36.8 Å². The minimum atomic E-state index is 0.177. The molecule has 2 aliphatic heterocycles. The molecule has 3 N–H and O–H groups in total. The number of nitrogens with one attached hydrogen (secondary N) is 3. The van der Waals surface area contributed by atoms with Crippen LogP contribution in [-0.4, -0.2) is 62.8 Å². The Morgan fingerprint density at radius 2 is 2.06 bits per heavy atom. The highest BCUT2D eigenvalue weighted by Gasteiger charge is 2.41. The Bertz CT molecular complexity index is 929. The molecular formula is C21H29ClN8O. The van der Waals surface area contributed by atoms with Crippen LogP contribution in [0, 0.1) is 11.8 Å². The normalized spacial score (nSPS) is 27.9. The first-order valence-electron chi connectivity index (χ1n) is 11.1. The van der Waals surface area contributed by atoms with Crippen molar-refractivity contribution in [3.05, 3.63) is 23.6 Å². The highest BCUT2D eigenvalue weighted by atomic mass is 35.5. The van der Waals surface area contributed by atoms with Crippen molar-refractivity contribution in [2.24, 2.45) is 11.8 Å². The molecule has 0 bridgehead atoms. The van der Waals surface area contributed by atoms with E-state index in [4.69, 9.17) is 11.6 Å². The van der Waals surface area contributed by atoms with Crippen molar-refractivity contribution in [1.82, 2.24) is 30.0 Å². The van der Waals surface area contributed by atoms with E-state index in [9.17, 15) is 4.79 Å². The lowest BCUT2D eigenvalue weighted by molar-refractivity contribution is -0.128. The number of piperidine rings is 1. The van der Waals surface area contributed by atoms with Crippen molar-refractivity contribution in [2.45, 2.75) is 44.7 Å². The molecule has 2 saturated heterocycles. The van der Waals surface area contributed by atoms with Crippen LogP contribution < -0.4 is 16.0 Å². The molecule has 166 valence electrons. The van der Waals surface area contributed by atoms with Crippen molar-refractivity contribution >= 4 is 35.0 Å². The van der Waals surface area contributed by atoms with Crippen LogP contribution in [0.3, 0.4) is 0 Å². The van der Waals surface area contributed by atoms with Crippen LogP contribution in [0.1, 0.15) is 38.6 Å². The summed E-state index contributed by atoms with van der Waals surface area (Å²) in [5, 5.41) is 15.2. The molecule has 9 nitrogen and oxygen atoms in total. The third-order valence-corrected chi connectivity index (χ3v) is 7.06. The molecule has 3 fully saturated rings. The molecular weight excluding hydrogens is 416 g/mol. The second kappa shape index (κ2) is 8.63. The first-order chi connectivity index (χ1) is 15.0. The van der Waals surface area contributed by atoms with Crippen molar-refractivity contribution in [1.29, 1.82) is 0 Å². The summed E-state index contributed by atoms with van der Waals surface area (Å²) < 4.78 is 2.01. The number of rotatable bonds is 5. The molecule has 0 radical (unpaired) electrons. The molecule has 1 aliphatic carbocycles. The van der Waals surface area contributed by atoms with Crippen LogP contribution in [0.4, 0.5) is 17.5 Å². The minimum Gasteiger partial charge on any atom is -0.366 e. The topological polar surface area (TPSA) is 100 Å². The van der Waals surface area contributed by atoms with E-state index in [1.807, 2.05) is 15.8 Å². The Hall–Kier alpha value is -2.39. The zero-order chi connectivity index (χ0) is 21.4. The monoisotopic (exact) mass is 444 g/mol. The number of nitrogens with zero attached hydrogens (tertiary/aromatic N) is 5. The van der Waals surface area contributed by atoms with Gasteiger partial charge in [-0.15, -0.1) is 0 Å². The SMILES string of the molecule is CC(=O)N1CC2CC(Nc3nc(Nc4cnn(C5CCCNC5)c4)ncc3Cl)CC2C1. The molecule has 2 aromatic heterocycles. The summed E-state index contributed by atoms with van der Waals surface area (Å²) >= 11 is 6.38. The van der Waals surface area contributed by atoms with E-state index in [1.54, 1.807) is 19.3 Å². The van der Waals surface area contributed by atoms with Crippen LogP contribution in [0.25, 0.3) is 0 Å². The van der Waals surface area contributed by atoms with Gasteiger partial charge in [-0.3, -0.25) is 9.48 Å². The number of amides is 1. The van der Waals surface area contributed by atoms with Gasteiger partial charge in [0.2, 0.25) is 11.9 Å². The minimum absolute atomic E-state index is 0.177. The number of fused-ring (bicyclic) bond motifs is 1. The molecule has 3 aliphatic rings. The standard InChI is InChI=1S/C21H29ClN8O/c1-13(31)29-10-14-5-16(6-15(14)11-29)26-20-19(22)9-24-21(28-20)27-17-7-25-30(12-17)18-3-2-4-23-8-18/h7,9,12,14-16,18,23H,2-6,8,10-11H2,1H3,(H2,24,26,27,28). The first-order valence-corrected chi connectivity index (χ1v) is 11.5. The average Bonchev–Trinajstić information content (AvgIpc) is 3.46. The number of aromatic nitrogens is 4. The molecule has 10 heteroatoms. The maximum Gasteiger partial charge on any atom is 0.229 e. The summed E-state index contributed by atoms with van der Waals surface area (Å²) in [7, 11) is 0. The van der Waals surface area contributed by atoms with Crippen molar-refractivity contribution in [3.8, 4) is 0 Å². The van der Waals surface area contributed by atoms with Gasteiger partial charge in [0.05, 0.1) is 24.1 Å². The predicted molar refractivity (Wildman–Crippen MR) is 120 cm³/mol. The molecule has 0 aromatic carbocycles. The van der Waals surface area contributed by atoms with Crippen LogP contribution >= 0.6 is 11.6 Å². The summed E-state index contributed by atoms with van der Waals surface area (Å²) in [5.74, 6) is 2.43. The number of likely N-dealkylation sites (tertiary alicyclic amines) is 1. The van der Waals surface area contributed by atoms with E-state index >= 15 is 0 Å². The summed E-state index contributed by atoms with van der Waals surface area (Å²) in [6.07, 6.45) is 9.78. The van der Waals surface area contributed by atoms with Gasteiger partial charge < -0.3 is 20.9 Å². The van der Waals surface area contributed by atoms with Crippen molar-refractivity contribution < 1.29 is 4.79 Å². The second-order valence-electron chi connectivity index (χ2n) is 8.98. The lowest BCUT2D eigenvalue weighted by Gasteiger charge is -2.22. The van der Waals surface area contributed by atoms with Crippen LogP contribution in [0.15, 0.2) is 18.6 Å². The molecule has 5 rings (SSSR count). The van der Waals surface area contributed by atoms with E-state index in [0.29, 0.717) is 40.7 Å². The Labute approximate surface area is 187 Å². The Kier molecular flexibility index (Phi) is 5.71. The molecule has 1 saturated carbocycles. The Balaban J connectivity index is 1.21. The molecule has 0 spiro atoms. The quantitative estimate of drug-likeness (QED) is 0.651. The maximum atomic E-state index is 11.6. The van der Waals surface area contributed by atoms with E-state index < -0.39 is 0 Å². The fraction of sp³-hybridized carbons (Fsp3) is 0.619. The van der Waals surface area contributed by atoms with Crippen LogP contribution in [0.2, 0.25) is 5.02 Å². The van der Waals surface area contributed by atoms with Gasteiger partial charge in [0.15, 0.2) is 5.82 Å². The van der Waals surface area contributed by atoms with Crippen molar-refractivity contribution in [3.63, 3.8) is 0 Å². The van der Waals surface area contributed by atoms with Crippen LogP contribution in [0.5, 0.6) is 0 Å². The Morgan fingerprint density at radius 3 is 2.77 bits per heavy atom. The molecule has 3 unspecified atom stereocenters. The summed E-state index contributed by atoms with van der Waals surface area (Å²) in [5.41, 5.74) is 0.860. The second-order valence-corrected chi connectivity index (χ2v) is 9.39. The smallest absolute Gasteiger partial charge is 0.229 e. The highest BCUT2D eigenvalue weighted by Crippen LogP contribution is 2.39. The van der Waals surface area contributed by atoms with Crippen LogP contribution in [-0.2, 0) is 4.79 Å². The fourth-order valence-electron chi connectivity index (χ4n) is 5.19. The summed E-state index contributed by atoms with van der Waals surface area (Å²) in [4.78, 5) is 22.5. The first kappa shape index (κ1) is 20.5. The van der Waals surface area contributed by atoms with Gasteiger partial charge in [0, 0.05) is 38.8 Å². The van der Waals surface area contributed by atoms with Gasteiger partial charge in [0.25, 0.3) is 0 Å². The Morgan fingerprint density at radius 1 is 1.26 bits per heavy atom. The summed E-state index contributed by atoms with van der Waals surface area (Å²) in [6, 6.07) is 0.694. The molecule has 2 aromatic rings. The van der Waals surface area contributed by atoms with E-state index in [-0.39, 0.29) is 5.91 Å². The average molecular weight is 445 g/mol. The number of carbonyl (C=O) groups excluding carboxylic acids is 1. The molecule has 4 heterocycles. The zero-order valence-corrected chi connectivity index (χ0v) is 18.5. The number of hydrogen-bond acceptors (Lipinski definition) is 7. The maximum absolute atomic E-state index is 11.6. The molecule has 1 amide bonds. The number of carbonyl (C=O) groups is 1. The highest BCUT2D eigenvalue weighted by molar-refractivity contribution is 6.32. The molecule has 3 atom stereocenters. The van der Waals surface area contributed by atoms with Gasteiger partial charge in [-0.25, -0.2) is 4.98 Å². The number of hydrogen-bond donors (Lipinski definition) is 3. The van der Waals surface area contributed by atoms with Gasteiger partial charge in [0.1, 0.15) is 5.02 Å². The predicted octanol–water partition coefficient (Wildman–Crippen LogP) is 2.66.